The molecule has 7 nitrogen and oxygen atoms in total. The van der Waals surface area contributed by atoms with Crippen LogP contribution in [0, 0.1) is 11.3 Å². The number of carbonyl (C=O) groups is 2. The first-order chi connectivity index (χ1) is 13.0. The molecule has 0 aliphatic carbocycles. The zero-order chi connectivity index (χ0) is 19.4. The van der Waals surface area contributed by atoms with Crippen LogP contribution in [0.25, 0.3) is 0 Å². The SMILES string of the molecule is CC1CN(c2ccc(C#N)cc2)C(=O)CN1C(=O)CN1CCCN(C)CC1. The van der Waals surface area contributed by atoms with Crippen LogP contribution in [-0.4, -0.2) is 85.4 Å². The lowest BCUT2D eigenvalue weighted by atomic mass is 10.1. The molecule has 1 aromatic rings. The highest BCUT2D eigenvalue weighted by Gasteiger charge is 2.33. The summed E-state index contributed by atoms with van der Waals surface area (Å²) in [6.07, 6.45) is 1.06. The third-order valence-electron chi connectivity index (χ3n) is 5.38. The number of likely N-dealkylation sites (N-methyl/N-ethyl adjacent to an activating group) is 1. The molecule has 1 unspecified atom stereocenters. The topological polar surface area (TPSA) is 70.9 Å². The van der Waals surface area contributed by atoms with E-state index in [2.05, 4.69) is 22.9 Å². The summed E-state index contributed by atoms with van der Waals surface area (Å²) in [7, 11) is 2.11. The number of rotatable bonds is 3. The van der Waals surface area contributed by atoms with E-state index in [0.29, 0.717) is 18.7 Å². The van der Waals surface area contributed by atoms with Gasteiger partial charge in [-0.25, -0.2) is 0 Å². The second-order valence-corrected chi connectivity index (χ2v) is 7.47. The summed E-state index contributed by atoms with van der Waals surface area (Å²) in [5.74, 6) is -0.0540. The molecular formula is C20H27N5O2. The molecule has 2 aliphatic rings. The number of carbonyl (C=O) groups excluding carboxylic acids is 2. The van der Waals surface area contributed by atoms with Gasteiger partial charge in [-0.1, -0.05) is 0 Å². The predicted molar refractivity (Wildman–Crippen MR) is 103 cm³/mol. The van der Waals surface area contributed by atoms with E-state index in [0.717, 1.165) is 38.3 Å². The van der Waals surface area contributed by atoms with E-state index in [1.807, 2.05) is 6.92 Å². The quantitative estimate of drug-likeness (QED) is 0.787. The van der Waals surface area contributed by atoms with Crippen LogP contribution in [0.4, 0.5) is 5.69 Å². The van der Waals surface area contributed by atoms with Gasteiger partial charge in [-0.2, -0.15) is 5.26 Å². The lowest BCUT2D eigenvalue weighted by Crippen LogP contribution is -2.58. The molecular weight excluding hydrogens is 342 g/mol. The van der Waals surface area contributed by atoms with Gasteiger partial charge in [-0.3, -0.25) is 14.5 Å². The first kappa shape index (κ1) is 19.3. The maximum Gasteiger partial charge on any atom is 0.246 e. The van der Waals surface area contributed by atoms with Gasteiger partial charge >= 0.3 is 0 Å². The van der Waals surface area contributed by atoms with Crippen LogP contribution in [0.1, 0.15) is 18.9 Å². The number of amides is 2. The number of nitriles is 1. The van der Waals surface area contributed by atoms with Gasteiger partial charge in [0, 0.05) is 31.4 Å². The van der Waals surface area contributed by atoms with Gasteiger partial charge in [-0.05, 0) is 57.7 Å². The Labute approximate surface area is 160 Å². The van der Waals surface area contributed by atoms with Crippen LogP contribution >= 0.6 is 0 Å². The fourth-order valence-electron chi connectivity index (χ4n) is 3.69. The Hall–Kier alpha value is -2.43. The minimum Gasteiger partial charge on any atom is -0.328 e. The zero-order valence-electron chi connectivity index (χ0n) is 16.1. The van der Waals surface area contributed by atoms with E-state index in [9.17, 15) is 9.59 Å². The fraction of sp³-hybridized carbons (Fsp3) is 0.550. The van der Waals surface area contributed by atoms with Crippen molar-refractivity contribution in [3.05, 3.63) is 29.8 Å². The minimum atomic E-state index is -0.0817. The molecule has 0 radical (unpaired) electrons. The molecule has 27 heavy (non-hydrogen) atoms. The zero-order valence-corrected chi connectivity index (χ0v) is 16.1. The van der Waals surface area contributed by atoms with Gasteiger partial charge in [0.2, 0.25) is 11.8 Å². The van der Waals surface area contributed by atoms with Gasteiger partial charge in [0.1, 0.15) is 6.54 Å². The van der Waals surface area contributed by atoms with Gasteiger partial charge in [0.05, 0.1) is 18.2 Å². The van der Waals surface area contributed by atoms with Crippen molar-refractivity contribution in [1.82, 2.24) is 14.7 Å². The van der Waals surface area contributed by atoms with Gasteiger partial charge in [-0.15, -0.1) is 0 Å². The molecule has 2 saturated heterocycles. The lowest BCUT2D eigenvalue weighted by Gasteiger charge is -2.40. The molecule has 0 aromatic heterocycles. The van der Waals surface area contributed by atoms with Gasteiger partial charge in [0.25, 0.3) is 0 Å². The first-order valence-electron chi connectivity index (χ1n) is 9.49. The Bertz CT molecular complexity index is 727. The number of anilines is 1. The van der Waals surface area contributed by atoms with E-state index in [4.69, 9.17) is 5.26 Å². The molecule has 3 rings (SSSR count). The molecule has 1 atom stereocenters. The molecule has 2 fully saturated rings. The van der Waals surface area contributed by atoms with Gasteiger partial charge in [0.15, 0.2) is 0 Å². The highest BCUT2D eigenvalue weighted by molar-refractivity contribution is 5.98. The molecule has 144 valence electrons. The van der Waals surface area contributed by atoms with Crippen molar-refractivity contribution in [2.45, 2.75) is 19.4 Å². The minimum absolute atomic E-state index is 0.0277. The van der Waals surface area contributed by atoms with Crippen LogP contribution in [0.15, 0.2) is 24.3 Å². The summed E-state index contributed by atoms with van der Waals surface area (Å²) in [6.45, 7) is 6.77. The standard InChI is InChI=1S/C20H27N5O2/c1-16-13-25(18-6-4-17(12-21)5-7-18)20(27)15-24(16)19(26)14-23-9-3-8-22(2)10-11-23/h4-7,16H,3,8-11,13-15H2,1-2H3. The Kier molecular flexibility index (Phi) is 6.09. The van der Waals surface area contributed by atoms with Crippen molar-refractivity contribution < 1.29 is 9.59 Å². The first-order valence-corrected chi connectivity index (χ1v) is 9.49. The highest BCUT2D eigenvalue weighted by Crippen LogP contribution is 2.21. The van der Waals surface area contributed by atoms with E-state index in [1.165, 1.54) is 0 Å². The average Bonchev–Trinajstić information content (AvgIpc) is 2.87. The average molecular weight is 369 g/mol. The summed E-state index contributed by atoms with van der Waals surface area (Å²) in [5.41, 5.74) is 1.34. The van der Waals surface area contributed by atoms with Crippen molar-refractivity contribution >= 4 is 17.5 Å². The lowest BCUT2D eigenvalue weighted by molar-refractivity contribution is -0.140. The van der Waals surface area contributed by atoms with Crippen molar-refractivity contribution in [3.63, 3.8) is 0 Å². The van der Waals surface area contributed by atoms with Crippen LogP contribution in [0.2, 0.25) is 0 Å². The van der Waals surface area contributed by atoms with Crippen LogP contribution < -0.4 is 4.90 Å². The van der Waals surface area contributed by atoms with E-state index < -0.39 is 0 Å². The van der Waals surface area contributed by atoms with Crippen LogP contribution in [0.3, 0.4) is 0 Å². The van der Waals surface area contributed by atoms with Crippen LogP contribution in [0.5, 0.6) is 0 Å². The number of hydrogen-bond donors (Lipinski definition) is 0. The Morgan fingerprint density at radius 3 is 2.63 bits per heavy atom. The van der Waals surface area contributed by atoms with Crippen molar-refractivity contribution in [3.8, 4) is 6.07 Å². The monoisotopic (exact) mass is 369 g/mol. The third kappa shape index (κ3) is 4.65. The Balaban J connectivity index is 1.61. The number of nitrogens with zero attached hydrogens (tertiary/aromatic N) is 5. The van der Waals surface area contributed by atoms with Gasteiger partial charge < -0.3 is 14.7 Å². The van der Waals surface area contributed by atoms with Crippen molar-refractivity contribution in [1.29, 1.82) is 5.26 Å². The second kappa shape index (κ2) is 8.51. The third-order valence-corrected chi connectivity index (χ3v) is 5.38. The Morgan fingerprint density at radius 2 is 1.93 bits per heavy atom. The summed E-state index contributed by atoms with van der Waals surface area (Å²) in [5, 5.41) is 8.91. The largest absolute Gasteiger partial charge is 0.328 e. The van der Waals surface area contributed by atoms with Crippen molar-refractivity contribution in [2.75, 3.05) is 57.8 Å². The molecule has 2 aliphatic heterocycles. The van der Waals surface area contributed by atoms with E-state index >= 15 is 0 Å². The molecule has 0 N–H and O–H groups in total. The van der Waals surface area contributed by atoms with Crippen molar-refractivity contribution in [2.24, 2.45) is 0 Å². The summed E-state index contributed by atoms with van der Waals surface area (Å²) in [6, 6.07) is 9.03. The maximum atomic E-state index is 12.8. The molecule has 0 spiro atoms. The number of hydrogen-bond acceptors (Lipinski definition) is 5. The number of piperazine rings is 1. The summed E-state index contributed by atoms with van der Waals surface area (Å²) >= 11 is 0. The maximum absolute atomic E-state index is 12.8. The Morgan fingerprint density at radius 1 is 1.19 bits per heavy atom. The summed E-state index contributed by atoms with van der Waals surface area (Å²) < 4.78 is 0. The molecule has 2 amide bonds. The fourth-order valence-corrected chi connectivity index (χ4v) is 3.69. The van der Waals surface area contributed by atoms with Crippen LogP contribution in [-0.2, 0) is 9.59 Å². The molecule has 2 heterocycles. The summed E-state index contributed by atoms with van der Waals surface area (Å²) in [4.78, 5) is 33.3. The molecule has 0 bridgehead atoms. The molecule has 7 heteroatoms. The smallest absolute Gasteiger partial charge is 0.246 e. The second-order valence-electron chi connectivity index (χ2n) is 7.47. The van der Waals surface area contributed by atoms with E-state index in [-0.39, 0.29) is 24.4 Å². The normalized spacial score (nSPS) is 22.4. The molecule has 0 saturated carbocycles. The number of benzene rings is 1. The highest BCUT2D eigenvalue weighted by atomic mass is 16.2. The molecule has 1 aromatic carbocycles. The van der Waals surface area contributed by atoms with E-state index in [1.54, 1.807) is 34.1 Å². The predicted octanol–water partition coefficient (Wildman–Crippen LogP) is 0.759.